The Bertz CT molecular complexity index is 1480. The lowest BCUT2D eigenvalue weighted by Gasteiger charge is -2.08. The number of ether oxygens (including phenoxy) is 1. The highest BCUT2D eigenvalue weighted by molar-refractivity contribution is 7.99. The van der Waals surface area contributed by atoms with Crippen LogP contribution in [0.5, 0.6) is 5.88 Å². The Morgan fingerprint density at radius 3 is 2.59 bits per heavy atom. The molecule has 11 heteroatoms. The maximum absolute atomic E-state index is 13.1. The number of aromatic nitrogens is 4. The molecule has 0 saturated heterocycles. The summed E-state index contributed by atoms with van der Waals surface area (Å²) in [7, 11) is 0. The Kier molecular flexibility index (Phi) is 5.80. The quantitative estimate of drug-likeness (QED) is 0.258. The number of halogens is 3. The summed E-state index contributed by atoms with van der Waals surface area (Å²) in [6.45, 7) is 0.289. The van der Waals surface area contributed by atoms with E-state index in [9.17, 15) is 18.0 Å². The number of rotatable bonds is 6. The number of pyridine rings is 1. The molecule has 0 amide bonds. The summed E-state index contributed by atoms with van der Waals surface area (Å²) in [5.41, 5.74) is 1.29. The van der Waals surface area contributed by atoms with Crippen molar-refractivity contribution in [3.05, 3.63) is 77.7 Å². The summed E-state index contributed by atoms with van der Waals surface area (Å²) in [6.07, 6.45) is -4.43. The number of alkyl halides is 3. The Morgan fingerprint density at radius 1 is 1.00 bits per heavy atom. The van der Waals surface area contributed by atoms with E-state index in [0.29, 0.717) is 26.4 Å². The van der Waals surface area contributed by atoms with Crippen LogP contribution in [0.4, 0.5) is 13.2 Å². The van der Waals surface area contributed by atoms with Crippen LogP contribution in [0.15, 0.2) is 82.0 Å². The lowest BCUT2D eigenvalue weighted by atomic mass is 10.1. The number of fused-ring (bicyclic) bond motifs is 1. The summed E-state index contributed by atoms with van der Waals surface area (Å²) >= 11 is 2.33. The molecule has 0 N–H and O–H groups in total. The maximum Gasteiger partial charge on any atom is 0.416 e. The molecule has 5 aromatic rings. The zero-order valence-electron chi connectivity index (χ0n) is 17.1. The summed E-state index contributed by atoms with van der Waals surface area (Å²) in [4.78, 5) is 20.0. The molecule has 170 valence electrons. The minimum atomic E-state index is -4.43. The van der Waals surface area contributed by atoms with Crippen molar-refractivity contribution in [2.24, 2.45) is 0 Å². The van der Waals surface area contributed by atoms with Crippen LogP contribution in [-0.4, -0.2) is 26.2 Å². The number of nitrogens with zero attached hydrogens (tertiary/aromatic N) is 4. The second kappa shape index (κ2) is 8.92. The Hall–Kier alpha value is -3.70. The van der Waals surface area contributed by atoms with E-state index in [4.69, 9.17) is 9.84 Å². The van der Waals surface area contributed by atoms with Crippen LogP contribution < -0.4 is 4.74 Å². The van der Waals surface area contributed by atoms with Crippen LogP contribution in [0.3, 0.4) is 0 Å². The lowest BCUT2D eigenvalue weighted by molar-refractivity contribution is -0.137. The van der Waals surface area contributed by atoms with Gasteiger partial charge >= 0.3 is 6.18 Å². The summed E-state index contributed by atoms with van der Waals surface area (Å²) in [5.74, 6) is 0.134. The van der Waals surface area contributed by atoms with Gasteiger partial charge in [-0.1, -0.05) is 59.5 Å². The Morgan fingerprint density at radius 2 is 1.82 bits per heavy atom. The first kappa shape index (κ1) is 22.1. The van der Waals surface area contributed by atoms with Crippen molar-refractivity contribution in [3.63, 3.8) is 0 Å². The normalized spacial score (nSPS) is 11.6. The van der Waals surface area contributed by atoms with Gasteiger partial charge < -0.3 is 4.74 Å². The van der Waals surface area contributed by atoms with Crippen molar-refractivity contribution in [1.82, 2.24) is 19.7 Å². The van der Waals surface area contributed by atoms with Gasteiger partial charge in [0.25, 0.3) is 6.47 Å². The predicted octanol–water partition coefficient (Wildman–Crippen LogP) is 6.25. The van der Waals surface area contributed by atoms with Gasteiger partial charge in [-0.25, -0.2) is 4.98 Å². The molecule has 0 unspecified atom stereocenters. The second-order valence-electron chi connectivity index (χ2n) is 6.96. The zero-order chi connectivity index (χ0) is 23.7. The van der Waals surface area contributed by atoms with Gasteiger partial charge in [0.15, 0.2) is 5.65 Å². The summed E-state index contributed by atoms with van der Waals surface area (Å²) in [5, 5.41) is 7.93. The van der Waals surface area contributed by atoms with Gasteiger partial charge in [0.05, 0.1) is 10.9 Å². The number of carbonyl (C=O) groups is 1. The fraction of sp³-hybridized carbons (Fsp3) is 0.0435. The molecule has 0 aliphatic heterocycles. The Balaban J connectivity index is 1.60. The third-order valence-electron chi connectivity index (χ3n) is 4.76. The van der Waals surface area contributed by atoms with Crippen molar-refractivity contribution >= 4 is 40.6 Å². The topological polar surface area (TPSA) is 69.9 Å². The largest absolute Gasteiger partial charge is 0.416 e. The molecule has 2 aromatic carbocycles. The SMILES string of the molecule is O=COc1csc(-n2nc(-c3ccccc3)c3ccc(Sc4cccc(C(F)(F)F)c4)nc32)n1. The lowest BCUT2D eigenvalue weighted by Crippen LogP contribution is -2.04. The fourth-order valence-electron chi connectivity index (χ4n) is 3.29. The Labute approximate surface area is 199 Å². The van der Waals surface area contributed by atoms with Crippen molar-refractivity contribution in [2.45, 2.75) is 16.1 Å². The minimum absolute atomic E-state index is 0.134. The number of hydrogen-bond donors (Lipinski definition) is 0. The first-order valence-electron chi connectivity index (χ1n) is 9.79. The number of hydrogen-bond acceptors (Lipinski definition) is 7. The highest BCUT2D eigenvalue weighted by atomic mass is 32.2. The van der Waals surface area contributed by atoms with Crippen LogP contribution >= 0.6 is 23.1 Å². The van der Waals surface area contributed by atoms with Crippen LogP contribution in [0.1, 0.15) is 5.56 Å². The van der Waals surface area contributed by atoms with Gasteiger partial charge in [0.1, 0.15) is 10.7 Å². The molecule has 0 atom stereocenters. The number of benzene rings is 2. The highest BCUT2D eigenvalue weighted by Crippen LogP contribution is 2.36. The van der Waals surface area contributed by atoms with E-state index in [0.717, 1.165) is 34.8 Å². The van der Waals surface area contributed by atoms with E-state index < -0.39 is 11.7 Å². The van der Waals surface area contributed by atoms with E-state index in [1.54, 1.807) is 17.5 Å². The van der Waals surface area contributed by atoms with Gasteiger partial charge in [-0.05, 0) is 30.3 Å². The van der Waals surface area contributed by atoms with Gasteiger partial charge in [-0.2, -0.15) is 27.9 Å². The monoisotopic (exact) mass is 498 g/mol. The fourth-order valence-corrected chi connectivity index (χ4v) is 4.81. The van der Waals surface area contributed by atoms with Crippen LogP contribution in [0.2, 0.25) is 0 Å². The third kappa shape index (κ3) is 4.39. The smallest absolute Gasteiger partial charge is 0.409 e. The van der Waals surface area contributed by atoms with Crippen LogP contribution in [0.25, 0.3) is 27.4 Å². The molecule has 34 heavy (non-hydrogen) atoms. The zero-order valence-corrected chi connectivity index (χ0v) is 18.7. The average Bonchev–Trinajstić information content (AvgIpc) is 3.44. The van der Waals surface area contributed by atoms with Crippen LogP contribution in [0, 0.1) is 0 Å². The molecule has 0 aliphatic carbocycles. The molecule has 0 fully saturated rings. The van der Waals surface area contributed by atoms with E-state index in [1.165, 1.54) is 22.1 Å². The first-order valence-corrected chi connectivity index (χ1v) is 11.5. The van der Waals surface area contributed by atoms with E-state index in [-0.39, 0.29) is 12.4 Å². The van der Waals surface area contributed by atoms with Crippen molar-refractivity contribution < 1.29 is 22.7 Å². The van der Waals surface area contributed by atoms with Crippen LogP contribution in [-0.2, 0) is 11.0 Å². The summed E-state index contributed by atoms with van der Waals surface area (Å²) in [6, 6.07) is 18.2. The molecule has 0 radical (unpaired) electrons. The molecule has 6 nitrogen and oxygen atoms in total. The highest BCUT2D eigenvalue weighted by Gasteiger charge is 2.30. The van der Waals surface area contributed by atoms with Gasteiger partial charge in [-0.15, -0.1) is 0 Å². The number of thiazole rings is 1. The molecule has 5 rings (SSSR count). The minimum Gasteiger partial charge on any atom is -0.409 e. The molecule has 0 bridgehead atoms. The van der Waals surface area contributed by atoms with E-state index in [2.05, 4.69) is 9.97 Å². The van der Waals surface area contributed by atoms with Gasteiger partial charge in [-0.3, -0.25) is 4.79 Å². The first-order chi connectivity index (χ1) is 16.4. The number of carbonyl (C=O) groups excluding carboxylic acids is 1. The van der Waals surface area contributed by atoms with Crippen molar-refractivity contribution in [1.29, 1.82) is 0 Å². The van der Waals surface area contributed by atoms with E-state index >= 15 is 0 Å². The standard InChI is InChI=1S/C23H13F3N4O2S2/c24-23(25,26)15-7-4-8-16(11-15)34-19-10-9-17-20(14-5-2-1-3-6-14)29-30(21(17)28-19)22-27-18(12-33-22)32-13-31/h1-13H. The molecule has 0 spiro atoms. The predicted molar refractivity (Wildman–Crippen MR) is 122 cm³/mol. The van der Waals surface area contributed by atoms with Gasteiger partial charge in [0.2, 0.25) is 11.0 Å². The molecule has 0 saturated carbocycles. The van der Waals surface area contributed by atoms with Crippen molar-refractivity contribution in [2.75, 3.05) is 0 Å². The van der Waals surface area contributed by atoms with Gasteiger partial charge in [0, 0.05) is 15.8 Å². The molecule has 3 aromatic heterocycles. The average molecular weight is 499 g/mol. The third-order valence-corrected chi connectivity index (χ3v) is 6.48. The molecule has 3 heterocycles. The molecular formula is C23H13F3N4O2S2. The maximum atomic E-state index is 13.1. The summed E-state index contributed by atoms with van der Waals surface area (Å²) < 4.78 is 45.7. The molecular weight excluding hydrogens is 485 g/mol. The van der Waals surface area contributed by atoms with E-state index in [1.807, 2.05) is 36.4 Å². The molecule has 0 aliphatic rings. The second-order valence-corrected chi connectivity index (χ2v) is 8.89. The van der Waals surface area contributed by atoms with Crippen molar-refractivity contribution in [3.8, 4) is 22.3 Å².